The number of carbonyl (C=O) groups excluding carboxylic acids is 2. The lowest BCUT2D eigenvalue weighted by Gasteiger charge is -1.99. The summed E-state index contributed by atoms with van der Waals surface area (Å²) >= 11 is 0. The number of allylic oxidation sites excluding steroid dienone is 1. The predicted molar refractivity (Wildman–Crippen MR) is 90.7 cm³/mol. The summed E-state index contributed by atoms with van der Waals surface area (Å²) in [5, 5.41) is 1.05. The van der Waals surface area contributed by atoms with E-state index in [9.17, 15) is 9.59 Å². The molecule has 112 valence electrons. The van der Waals surface area contributed by atoms with Crippen LogP contribution >= 0.6 is 0 Å². The molecule has 3 heteroatoms. The van der Waals surface area contributed by atoms with Crippen molar-refractivity contribution in [3.63, 3.8) is 0 Å². The maximum absolute atomic E-state index is 12.6. The fourth-order valence-electron chi connectivity index (χ4n) is 3.28. The number of hydrogen-bond donors (Lipinski definition) is 0. The van der Waals surface area contributed by atoms with E-state index >= 15 is 0 Å². The number of fused-ring (bicyclic) bond motifs is 2. The first-order valence-corrected chi connectivity index (χ1v) is 7.53. The summed E-state index contributed by atoms with van der Waals surface area (Å²) in [7, 11) is 1.99. The lowest BCUT2D eigenvalue weighted by Crippen LogP contribution is -2.00. The number of carbonyl (C=O) groups is 2. The highest BCUT2D eigenvalue weighted by atomic mass is 16.2. The van der Waals surface area contributed by atoms with Crippen molar-refractivity contribution in [2.75, 3.05) is 0 Å². The van der Waals surface area contributed by atoms with Crippen LogP contribution in [0.4, 0.5) is 0 Å². The van der Waals surface area contributed by atoms with Crippen molar-refractivity contribution in [3.8, 4) is 0 Å². The van der Waals surface area contributed by atoms with Crippen LogP contribution in [-0.2, 0) is 7.05 Å². The molecule has 2 aromatic carbocycles. The minimum atomic E-state index is -0.182. The molecule has 0 radical (unpaired) electrons. The number of rotatable bonds is 1. The Labute approximate surface area is 133 Å². The summed E-state index contributed by atoms with van der Waals surface area (Å²) in [6.45, 7) is 2.00. The molecular formula is C20H15NO2. The number of Topliss-reactive ketones (excluding diaryl/α,β-unsaturated/α-hetero) is 2. The molecule has 0 saturated heterocycles. The van der Waals surface area contributed by atoms with E-state index in [1.807, 2.05) is 38.2 Å². The van der Waals surface area contributed by atoms with Crippen molar-refractivity contribution in [3.05, 3.63) is 76.5 Å². The van der Waals surface area contributed by atoms with Crippen LogP contribution in [0.25, 0.3) is 17.0 Å². The number of ketones is 2. The molecule has 0 amide bonds. The zero-order valence-corrected chi connectivity index (χ0v) is 13.0. The average Bonchev–Trinajstić information content (AvgIpc) is 2.97. The first-order chi connectivity index (χ1) is 11.1. The number of aromatic nitrogens is 1. The van der Waals surface area contributed by atoms with Crippen molar-refractivity contribution in [2.45, 2.75) is 6.92 Å². The van der Waals surface area contributed by atoms with E-state index < -0.39 is 0 Å². The van der Waals surface area contributed by atoms with Gasteiger partial charge in [0.05, 0.1) is 5.57 Å². The van der Waals surface area contributed by atoms with Gasteiger partial charge in [-0.1, -0.05) is 42.5 Å². The Bertz CT molecular complexity index is 984. The fraction of sp³-hybridized carbons (Fsp3) is 0.100. The van der Waals surface area contributed by atoms with Crippen LogP contribution < -0.4 is 0 Å². The smallest absolute Gasteiger partial charge is 0.197 e. The standard InChI is InChI=1S/C20H15NO2/c1-12-16(13-7-5-6-10-18(13)21(12)2)11-17-19(22)14-8-3-4-9-15(14)20(17)23/h3-11H,1-2H3. The lowest BCUT2D eigenvalue weighted by molar-refractivity contribution is 0.0990. The quantitative estimate of drug-likeness (QED) is 0.504. The van der Waals surface area contributed by atoms with Gasteiger partial charge in [0.15, 0.2) is 11.6 Å². The Kier molecular flexibility index (Phi) is 2.85. The molecule has 23 heavy (non-hydrogen) atoms. The second-order valence-corrected chi connectivity index (χ2v) is 5.84. The molecule has 0 aliphatic heterocycles. The molecule has 3 aromatic rings. The molecule has 0 spiro atoms. The molecule has 1 aliphatic rings. The number of benzene rings is 2. The van der Waals surface area contributed by atoms with Crippen LogP contribution in [0.2, 0.25) is 0 Å². The van der Waals surface area contributed by atoms with Crippen LogP contribution in [0.1, 0.15) is 32.0 Å². The van der Waals surface area contributed by atoms with Gasteiger partial charge in [0, 0.05) is 40.3 Å². The SMILES string of the molecule is Cc1c(C=C2C(=O)c3ccccc3C2=O)c2ccccc2n1C. The zero-order valence-electron chi connectivity index (χ0n) is 13.0. The summed E-state index contributed by atoms with van der Waals surface area (Å²) in [5.74, 6) is -0.365. The average molecular weight is 301 g/mol. The van der Waals surface area contributed by atoms with Crippen LogP contribution in [-0.4, -0.2) is 16.1 Å². The molecule has 0 fully saturated rings. The van der Waals surface area contributed by atoms with Crippen LogP contribution in [0.5, 0.6) is 0 Å². The second kappa shape index (κ2) is 4.78. The molecule has 0 N–H and O–H groups in total. The summed E-state index contributed by atoms with van der Waals surface area (Å²) < 4.78 is 2.08. The highest BCUT2D eigenvalue weighted by Gasteiger charge is 2.32. The van der Waals surface area contributed by atoms with Crippen LogP contribution in [0, 0.1) is 6.92 Å². The van der Waals surface area contributed by atoms with Crippen molar-refractivity contribution < 1.29 is 9.59 Å². The van der Waals surface area contributed by atoms with Crippen LogP contribution in [0.15, 0.2) is 54.1 Å². The maximum Gasteiger partial charge on any atom is 0.197 e. The zero-order chi connectivity index (χ0) is 16.1. The van der Waals surface area contributed by atoms with E-state index in [0.29, 0.717) is 11.1 Å². The first kappa shape index (κ1) is 13.7. The van der Waals surface area contributed by atoms with Gasteiger partial charge in [0.25, 0.3) is 0 Å². The normalized spacial score (nSPS) is 13.7. The van der Waals surface area contributed by atoms with E-state index in [4.69, 9.17) is 0 Å². The molecule has 4 rings (SSSR count). The molecule has 3 nitrogen and oxygen atoms in total. The Morgan fingerprint density at radius 1 is 0.870 bits per heavy atom. The van der Waals surface area contributed by atoms with Crippen molar-refractivity contribution in [1.82, 2.24) is 4.57 Å². The summed E-state index contributed by atoms with van der Waals surface area (Å²) in [6, 6.07) is 15.0. The van der Waals surface area contributed by atoms with E-state index in [-0.39, 0.29) is 17.1 Å². The minimum Gasteiger partial charge on any atom is -0.347 e. The van der Waals surface area contributed by atoms with E-state index in [0.717, 1.165) is 22.2 Å². The third-order valence-corrected chi connectivity index (χ3v) is 4.64. The molecule has 0 saturated carbocycles. The molecule has 0 atom stereocenters. The van der Waals surface area contributed by atoms with Gasteiger partial charge in [0.2, 0.25) is 0 Å². The largest absolute Gasteiger partial charge is 0.347 e. The summed E-state index contributed by atoms with van der Waals surface area (Å²) in [4.78, 5) is 25.1. The number of aryl methyl sites for hydroxylation is 1. The van der Waals surface area contributed by atoms with Gasteiger partial charge in [-0.15, -0.1) is 0 Å². The Morgan fingerprint density at radius 2 is 1.43 bits per heavy atom. The third-order valence-electron chi connectivity index (χ3n) is 4.64. The van der Waals surface area contributed by atoms with Crippen molar-refractivity contribution in [2.24, 2.45) is 7.05 Å². The molecule has 1 aliphatic carbocycles. The van der Waals surface area contributed by atoms with E-state index in [1.165, 1.54) is 0 Å². The monoisotopic (exact) mass is 301 g/mol. The Hall–Kier alpha value is -2.94. The van der Waals surface area contributed by atoms with Gasteiger partial charge in [-0.2, -0.15) is 0 Å². The van der Waals surface area contributed by atoms with Crippen LogP contribution in [0.3, 0.4) is 0 Å². The minimum absolute atomic E-state index is 0.182. The highest BCUT2D eigenvalue weighted by molar-refractivity contribution is 6.41. The Balaban J connectivity index is 1.95. The van der Waals surface area contributed by atoms with E-state index in [1.54, 1.807) is 30.3 Å². The molecule has 1 aromatic heterocycles. The van der Waals surface area contributed by atoms with Crippen molar-refractivity contribution >= 4 is 28.5 Å². The Morgan fingerprint density at radius 3 is 2.09 bits per heavy atom. The van der Waals surface area contributed by atoms with Gasteiger partial charge < -0.3 is 4.57 Å². The second-order valence-electron chi connectivity index (χ2n) is 5.84. The van der Waals surface area contributed by atoms with E-state index in [2.05, 4.69) is 4.57 Å². The fourth-order valence-corrected chi connectivity index (χ4v) is 3.28. The van der Waals surface area contributed by atoms with Gasteiger partial charge >= 0.3 is 0 Å². The first-order valence-electron chi connectivity index (χ1n) is 7.53. The highest BCUT2D eigenvalue weighted by Crippen LogP contribution is 2.31. The summed E-state index contributed by atoms with van der Waals surface area (Å²) in [6.07, 6.45) is 1.75. The van der Waals surface area contributed by atoms with Crippen molar-refractivity contribution in [1.29, 1.82) is 0 Å². The molecule has 0 bridgehead atoms. The predicted octanol–water partition coefficient (Wildman–Crippen LogP) is 3.95. The molecular weight excluding hydrogens is 286 g/mol. The van der Waals surface area contributed by atoms with Gasteiger partial charge in [-0.05, 0) is 19.1 Å². The maximum atomic E-state index is 12.6. The molecule has 1 heterocycles. The summed E-state index contributed by atoms with van der Waals surface area (Å²) in [5.41, 5.74) is 4.32. The molecule has 0 unspecified atom stereocenters. The number of para-hydroxylation sites is 1. The van der Waals surface area contributed by atoms with Gasteiger partial charge in [-0.25, -0.2) is 0 Å². The lowest BCUT2D eigenvalue weighted by atomic mass is 10.0. The van der Waals surface area contributed by atoms with Gasteiger partial charge in [0.1, 0.15) is 0 Å². The third kappa shape index (κ3) is 1.83. The number of hydrogen-bond acceptors (Lipinski definition) is 2. The number of nitrogens with zero attached hydrogens (tertiary/aromatic N) is 1. The topological polar surface area (TPSA) is 39.1 Å². The van der Waals surface area contributed by atoms with Gasteiger partial charge in [-0.3, -0.25) is 9.59 Å².